The number of ether oxygens (including phenoxy) is 1. The van der Waals surface area contributed by atoms with Gasteiger partial charge in [0.1, 0.15) is 29.1 Å². The highest BCUT2D eigenvalue weighted by Gasteiger charge is 2.51. The molecule has 0 bridgehead atoms. The van der Waals surface area contributed by atoms with Crippen molar-refractivity contribution in [2.75, 3.05) is 12.3 Å². The number of amides is 1. The summed E-state index contributed by atoms with van der Waals surface area (Å²) >= 11 is 0. The standard InChI is InChI=1S/C14H24B3N3O3/c1-12(2,3)23-11(22)20-13(15,7-21)9-4-8(18)6-19-10(9)5-14(20,16)17/h4,6,21H,5,7,15-18H2,1-3H3. The van der Waals surface area contributed by atoms with E-state index in [1.807, 2.05) is 44.3 Å². The summed E-state index contributed by atoms with van der Waals surface area (Å²) in [7, 11) is 5.72. The average molecular weight is 315 g/mol. The number of carbonyl (C=O) groups excluding carboxylic acids is 1. The van der Waals surface area contributed by atoms with Crippen LogP contribution >= 0.6 is 0 Å². The van der Waals surface area contributed by atoms with Crippen LogP contribution in [0, 0.1) is 0 Å². The fourth-order valence-corrected chi connectivity index (χ4v) is 3.31. The van der Waals surface area contributed by atoms with Gasteiger partial charge in [-0.25, -0.2) is 4.79 Å². The minimum atomic E-state index is -0.943. The molecule has 23 heavy (non-hydrogen) atoms. The number of aromatic nitrogens is 1. The molecular weight excluding hydrogens is 291 g/mol. The van der Waals surface area contributed by atoms with Gasteiger partial charge in [0, 0.05) is 5.69 Å². The normalized spacial score (nSPS) is 23.2. The molecule has 6 nitrogen and oxygen atoms in total. The minimum absolute atomic E-state index is 0.242. The first-order chi connectivity index (χ1) is 10.4. The summed E-state index contributed by atoms with van der Waals surface area (Å²) in [6.45, 7) is 5.23. The molecule has 0 aromatic carbocycles. The van der Waals surface area contributed by atoms with E-state index in [1.54, 1.807) is 17.2 Å². The van der Waals surface area contributed by atoms with Crippen molar-refractivity contribution in [3.05, 3.63) is 23.5 Å². The number of fused-ring (bicyclic) bond motifs is 1. The van der Waals surface area contributed by atoms with E-state index in [-0.39, 0.29) is 6.61 Å². The minimum Gasteiger partial charge on any atom is -0.444 e. The molecule has 2 heterocycles. The van der Waals surface area contributed by atoms with Crippen LogP contribution in [0.3, 0.4) is 0 Å². The van der Waals surface area contributed by atoms with Crippen molar-refractivity contribution in [2.24, 2.45) is 0 Å². The first-order valence-corrected chi connectivity index (χ1v) is 7.80. The molecule has 1 aromatic rings. The van der Waals surface area contributed by atoms with E-state index in [2.05, 4.69) is 4.98 Å². The molecule has 2 rings (SSSR count). The van der Waals surface area contributed by atoms with Crippen molar-refractivity contribution < 1.29 is 14.6 Å². The zero-order chi connectivity index (χ0) is 17.6. The van der Waals surface area contributed by atoms with E-state index >= 15 is 0 Å². The maximum Gasteiger partial charge on any atom is 0.409 e. The molecule has 1 amide bonds. The zero-order valence-corrected chi connectivity index (χ0v) is 14.8. The molecule has 1 aliphatic rings. The topological polar surface area (TPSA) is 88.7 Å². The summed E-state index contributed by atoms with van der Waals surface area (Å²) < 4.78 is 5.58. The summed E-state index contributed by atoms with van der Waals surface area (Å²) in [5, 5.41) is 9.57. The number of aliphatic hydroxyl groups excluding tert-OH is 1. The Morgan fingerprint density at radius 1 is 1.48 bits per heavy atom. The lowest BCUT2D eigenvalue weighted by atomic mass is 9.51. The number of anilines is 1. The van der Waals surface area contributed by atoms with Crippen molar-refractivity contribution >= 4 is 35.3 Å². The van der Waals surface area contributed by atoms with Gasteiger partial charge in [0.2, 0.25) is 0 Å². The number of aliphatic hydroxyl groups is 1. The molecule has 0 spiro atoms. The van der Waals surface area contributed by atoms with Crippen LogP contribution in [0.1, 0.15) is 32.0 Å². The van der Waals surface area contributed by atoms with Gasteiger partial charge in [-0.2, -0.15) is 0 Å². The lowest BCUT2D eigenvalue weighted by molar-refractivity contribution is -0.0137. The number of nitrogen functional groups attached to an aromatic ring is 1. The number of hydrogen-bond acceptors (Lipinski definition) is 5. The molecule has 0 fully saturated rings. The molecule has 9 heteroatoms. The predicted molar refractivity (Wildman–Crippen MR) is 97.6 cm³/mol. The van der Waals surface area contributed by atoms with Gasteiger partial charge in [-0.05, 0) is 44.2 Å². The van der Waals surface area contributed by atoms with E-state index in [9.17, 15) is 9.90 Å². The molecule has 122 valence electrons. The van der Waals surface area contributed by atoms with Gasteiger partial charge in [-0.15, -0.1) is 0 Å². The zero-order valence-electron chi connectivity index (χ0n) is 14.8. The maximum absolute atomic E-state index is 12.8. The Bertz CT molecular complexity index is 633. The Morgan fingerprint density at radius 2 is 2.09 bits per heavy atom. The molecule has 0 aliphatic carbocycles. The molecule has 0 radical (unpaired) electrons. The third-order valence-corrected chi connectivity index (χ3v) is 4.15. The SMILES string of the molecule is BC1(B)Cc2ncc(N)cc2C(B)(CO)N1C(=O)OC(C)(C)C. The van der Waals surface area contributed by atoms with E-state index in [1.165, 1.54) is 0 Å². The summed E-state index contributed by atoms with van der Waals surface area (Å²) in [4.78, 5) is 18.9. The summed E-state index contributed by atoms with van der Waals surface area (Å²) in [5.74, 6) is 0. The van der Waals surface area contributed by atoms with Crippen LogP contribution in [-0.2, 0) is 16.6 Å². The Labute approximate surface area is 140 Å². The highest BCUT2D eigenvalue weighted by atomic mass is 16.6. The number of hydrogen-bond donors (Lipinski definition) is 2. The van der Waals surface area contributed by atoms with E-state index < -0.39 is 22.5 Å². The first kappa shape index (κ1) is 17.7. The molecule has 1 aliphatic heterocycles. The summed E-state index contributed by atoms with van der Waals surface area (Å²) in [6, 6.07) is 1.78. The van der Waals surface area contributed by atoms with Gasteiger partial charge in [-0.3, -0.25) is 4.98 Å². The molecule has 3 N–H and O–H groups in total. The molecule has 0 saturated heterocycles. The number of rotatable bonds is 1. The summed E-state index contributed by atoms with van der Waals surface area (Å²) in [6.07, 6.45) is 1.72. The number of nitrogens with zero attached hydrogens (tertiary/aromatic N) is 2. The Morgan fingerprint density at radius 3 is 2.61 bits per heavy atom. The van der Waals surface area contributed by atoms with Crippen LogP contribution in [0.25, 0.3) is 0 Å². The van der Waals surface area contributed by atoms with Gasteiger partial charge in [0.05, 0.1) is 23.9 Å². The fourth-order valence-electron chi connectivity index (χ4n) is 3.31. The van der Waals surface area contributed by atoms with E-state index in [4.69, 9.17) is 10.5 Å². The number of nitrogens with two attached hydrogens (primary N) is 1. The van der Waals surface area contributed by atoms with Gasteiger partial charge >= 0.3 is 6.09 Å². The third kappa shape index (κ3) is 3.20. The Hall–Kier alpha value is -1.63. The van der Waals surface area contributed by atoms with Crippen LogP contribution in [0.15, 0.2) is 12.3 Å². The largest absolute Gasteiger partial charge is 0.444 e. The van der Waals surface area contributed by atoms with Gasteiger partial charge in [0.25, 0.3) is 0 Å². The van der Waals surface area contributed by atoms with Crippen molar-refractivity contribution in [3.8, 4) is 0 Å². The lowest BCUT2D eigenvalue weighted by Gasteiger charge is -2.54. The van der Waals surface area contributed by atoms with Crippen LogP contribution in [0.4, 0.5) is 10.5 Å². The molecule has 0 saturated carbocycles. The second-order valence-corrected chi connectivity index (χ2v) is 8.00. The van der Waals surface area contributed by atoms with Gasteiger partial charge in [-0.1, -0.05) is 0 Å². The van der Waals surface area contributed by atoms with Crippen molar-refractivity contribution in [1.29, 1.82) is 0 Å². The van der Waals surface area contributed by atoms with Crippen molar-refractivity contribution in [3.63, 3.8) is 0 Å². The Kier molecular flexibility index (Phi) is 4.22. The van der Waals surface area contributed by atoms with Gasteiger partial charge in [0.15, 0.2) is 0 Å². The predicted octanol–water partition coefficient (Wildman–Crippen LogP) is -1.84. The molecule has 1 unspecified atom stereocenters. The van der Waals surface area contributed by atoms with Crippen LogP contribution < -0.4 is 5.73 Å². The molecule has 1 atom stereocenters. The summed E-state index contributed by atoms with van der Waals surface area (Å²) in [5.41, 5.74) is 6.44. The average Bonchev–Trinajstić information content (AvgIpc) is 2.37. The Balaban J connectivity index is 2.58. The molecular formula is C14H24B3N3O3. The lowest BCUT2D eigenvalue weighted by Crippen LogP contribution is -2.68. The highest BCUT2D eigenvalue weighted by Crippen LogP contribution is 2.39. The molecule has 1 aromatic heterocycles. The second kappa shape index (κ2) is 5.48. The number of carbonyl (C=O) groups is 1. The van der Waals surface area contributed by atoms with E-state index in [0.717, 1.165) is 11.3 Å². The smallest absolute Gasteiger partial charge is 0.409 e. The highest BCUT2D eigenvalue weighted by molar-refractivity contribution is 6.41. The number of pyridine rings is 1. The quantitative estimate of drug-likeness (QED) is 0.594. The monoisotopic (exact) mass is 315 g/mol. The van der Waals surface area contributed by atoms with Crippen molar-refractivity contribution in [2.45, 2.75) is 43.6 Å². The van der Waals surface area contributed by atoms with E-state index in [0.29, 0.717) is 12.1 Å². The third-order valence-electron chi connectivity index (χ3n) is 4.15. The van der Waals surface area contributed by atoms with Crippen LogP contribution in [0.2, 0.25) is 0 Å². The van der Waals surface area contributed by atoms with Crippen LogP contribution in [0.5, 0.6) is 0 Å². The fraction of sp³-hybridized carbons (Fsp3) is 0.571. The van der Waals surface area contributed by atoms with Gasteiger partial charge < -0.3 is 20.5 Å². The van der Waals surface area contributed by atoms with Crippen LogP contribution in [-0.4, -0.2) is 62.2 Å². The maximum atomic E-state index is 12.8. The first-order valence-electron chi connectivity index (χ1n) is 7.80. The van der Waals surface area contributed by atoms with Crippen molar-refractivity contribution in [1.82, 2.24) is 9.88 Å². The second-order valence-electron chi connectivity index (χ2n) is 8.00.